The molecule has 122 heavy (non-hydrogen) atoms. The molecule has 0 N–H and O–H groups in total. The number of ketones is 1. The monoisotopic (exact) mass is 1730 g/mol. The van der Waals surface area contributed by atoms with Gasteiger partial charge in [-0.2, -0.15) is 13.2 Å². The Labute approximate surface area is 738 Å². The van der Waals surface area contributed by atoms with E-state index in [-0.39, 0.29) is 55.0 Å². The molecule has 5 aliphatic carbocycles. The first-order valence-electron chi connectivity index (χ1n) is 48.9. The third-order valence-electron chi connectivity index (χ3n) is 29.1. The van der Waals surface area contributed by atoms with E-state index in [1.54, 1.807) is 32.2 Å². The lowest BCUT2D eigenvalue weighted by molar-refractivity contribution is -0.166. The van der Waals surface area contributed by atoms with Gasteiger partial charge in [-0.05, 0) is 286 Å². The first kappa shape index (κ1) is 108. The van der Waals surface area contributed by atoms with E-state index in [1.807, 2.05) is 31.3 Å². The Morgan fingerprint density at radius 3 is 1.35 bits per heavy atom. The Kier molecular flexibility index (Phi) is 48.5. The summed E-state index contributed by atoms with van der Waals surface area (Å²) in [5.74, 6) is 11.1. The van der Waals surface area contributed by atoms with Gasteiger partial charge in [-0.15, -0.1) is 0 Å². The van der Waals surface area contributed by atoms with Gasteiger partial charge in [0.15, 0.2) is 0 Å². The van der Waals surface area contributed by atoms with Gasteiger partial charge in [-0.25, -0.2) is 18.7 Å². The minimum atomic E-state index is -4.31. The second-order valence-electron chi connectivity index (χ2n) is 42.3. The average Bonchev–Trinajstić information content (AvgIpc) is 0.961. The van der Waals surface area contributed by atoms with Gasteiger partial charge in [0.2, 0.25) is 29.5 Å². The van der Waals surface area contributed by atoms with Crippen LogP contribution < -0.4 is 0 Å². The number of carbonyl (C=O) groups excluding carboxylic acids is 6. The smallest absolute Gasteiger partial charge is 0.382 e. The van der Waals surface area contributed by atoms with Crippen molar-refractivity contribution in [3.05, 3.63) is 37.4 Å². The largest absolute Gasteiger partial charge is 0.406 e. The molecule has 11 rings (SSSR count). The normalized spacial score (nSPS) is 26.2. The molecular weight excluding hydrogens is 1550 g/mol. The van der Waals surface area contributed by atoms with E-state index in [0.717, 1.165) is 189 Å². The number of piperidine rings is 3. The molecule has 2 aromatic rings. The van der Waals surface area contributed by atoms with Gasteiger partial charge >= 0.3 is 6.18 Å². The van der Waals surface area contributed by atoms with E-state index in [2.05, 4.69) is 139 Å². The lowest BCUT2D eigenvalue weighted by Crippen LogP contribution is -2.58. The molecule has 0 aromatic carbocycles. The summed E-state index contributed by atoms with van der Waals surface area (Å²) in [6, 6.07) is 0. The van der Waals surface area contributed by atoms with Gasteiger partial charge in [-0.1, -0.05) is 124 Å². The van der Waals surface area contributed by atoms with Crippen molar-refractivity contribution in [3.63, 3.8) is 0 Å². The van der Waals surface area contributed by atoms with Crippen LogP contribution >= 0.6 is 0 Å². The number of likely N-dealkylation sites (tertiary alicyclic amines) is 4. The number of hydrogen-bond donors (Lipinski definition) is 0. The molecule has 0 bridgehead atoms. The number of imidazole rings is 2. The highest BCUT2D eigenvalue weighted by molar-refractivity contribution is 5.80. The van der Waals surface area contributed by atoms with Crippen molar-refractivity contribution in [3.8, 4) is 0 Å². The third kappa shape index (κ3) is 41.4. The Hall–Kier alpha value is -4.99. The summed E-state index contributed by atoms with van der Waals surface area (Å²) in [6.45, 7) is 47.4. The summed E-state index contributed by atoms with van der Waals surface area (Å²) < 4.78 is 76.5. The number of carbonyl (C=O) groups is 6. The fourth-order valence-corrected chi connectivity index (χ4v) is 20.2. The molecule has 5 atom stereocenters. The standard InChI is InChI=1S/C16H29NO2.C15H28O.C14H24F3NO.C14H23F2NO.C14H23N3O.C14H28O.C13H21N3O/c1-12(2)14-5-4-10-17(11-14)16(18)13-6-8-15(19-3)9-7-13;1-11(2)9-15(16)10-13-5-7-14(8-6-13)12(3)4;1-10(2)12-6-4-11(5-7-12)8-13(19)18(3)9-14(15,16)17;1-10(2)12-5-3-11(4-6-12)7-13(18)17-8-14(15,16)9-17;1-12(2)13-4-3-7-17(10-13)14(18)5-8-16-9-6-15-11-16;1-5-15-10-6-7-12-8-9-13(11-12)14(2,3)4;1-11(2)12-4-3-6-16(8-12)13(17)9-15-7-5-14-10-15/h12-15H,4-11H2,1-3H3;11-14H,5-10H2,1-4H3;10-12H,4-9H2,1-3H3;10-12H,3-9H2,1-2H3;6,9,11-13H,3-5,7-8,10H2,1-2H3;12-13H,5-11H2,1-4H3;5,7,10-12H,3-4,6,8-9H2,1-2H3/t13?,14-,15?;;;;13-;;12-/m1...1.1/s1. The lowest BCUT2D eigenvalue weighted by atomic mass is 9.75. The van der Waals surface area contributed by atoms with E-state index < -0.39 is 18.6 Å². The highest BCUT2D eigenvalue weighted by Gasteiger charge is 2.47. The van der Waals surface area contributed by atoms with E-state index in [1.165, 1.54) is 108 Å². The zero-order chi connectivity index (χ0) is 90.4. The van der Waals surface area contributed by atoms with Crippen molar-refractivity contribution < 1.29 is 60.2 Å². The van der Waals surface area contributed by atoms with Crippen molar-refractivity contribution in [2.75, 3.05) is 86.3 Å². The number of aromatic nitrogens is 4. The zero-order valence-electron chi connectivity index (χ0n) is 80.5. The second-order valence-corrected chi connectivity index (χ2v) is 42.3. The number of rotatable bonds is 27. The predicted octanol–water partition coefficient (Wildman–Crippen LogP) is 22.9. The molecule has 704 valence electrons. The number of amides is 5. The number of alkyl halides is 5. The van der Waals surface area contributed by atoms with Crippen molar-refractivity contribution in [1.82, 2.24) is 43.6 Å². The molecule has 6 heterocycles. The Balaban J connectivity index is 0.000000253. The summed E-state index contributed by atoms with van der Waals surface area (Å²) in [5.41, 5.74) is 0.522. The Bertz CT molecular complexity index is 3170. The predicted molar refractivity (Wildman–Crippen MR) is 485 cm³/mol. The number of methoxy groups -OCH3 is 1. The molecule has 9 fully saturated rings. The third-order valence-corrected chi connectivity index (χ3v) is 29.1. The summed E-state index contributed by atoms with van der Waals surface area (Å²) in [5, 5.41) is 0. The molecular formula is C100H176F5N9O8. The van der Waals surface area contributed by atoms with E-state index in [9.17, 15) is 50.7 Å². The van der Waals surface area contributed by atoms with Gasteiger partial charge in [0.1, 0.15) is 18.9 Å². The maximum absolute atomic E-state index is 12.7. The van der Waals surface area contributed by atoms with E-state index >= 15 is 0 Å². The Morgan fingerprint density at radius 2 is 0.943 bits per heavy atom. The maximum Gasteiger partial charge on any atom is 0.406 e. The molecule has 4 saturated heterocycles. The lowest BCUT2D eigenvalue weighted by Gasteiger charge is -2.40. The fourth-order valence-electron chi connectivity index (χ4n) is 20.2. The Morgan fingerprint density at radius 1 is 0.508 bits per heavy atom. The van der Waals surface area contributed by atoms with Crippen molar-refractivity contribution in [2.24, 2.45) is 118 Å². The van der Waals surface area contributed by atoms with Crippen LogP contribution in [0.5, 0.6) is 0 Å². The SMILES string of the molecule is CC(C)C1CCC(CC(=O)N(C)CC(F)(F)F)CC1.CC(C)C1CCC(CC(=O)N2CC(F)(F)C2)CC1.CC(C)CC(=O)CC1CCC(C(C)C)CC1.CC(C)[C@@H]1CCCN(C(=O)CCn2ccnc2)C1.CC(C)[C@@H]1CCCN(C(=O)Cn2ccnc2)C1.CCOCCCC1CCC(C(C)(C)C)C1.COC1CCC(C(=O)N2CCC[C@@H](C(C)C)C2)CC1. The number of hydrogen-bond acceptors (Lipinski definition) is 10. The molecule has 17 nitrogen and oxygen atoms in total. The first-order valence-corrected chi connectivity index (χ1v) is 48.9. The number of Topliss-reactive ketones (excluding diaryl/α,β-unsaturated/α-hetero) is 1. The molecule has 5 saturated carbocycles. The van der Waals surface area contributed by atoms with Crippen LogP contribution in [-0.4, -0.2) is 183 Å². The maximum atomic E-state index is 12.7. The van der Waals surface area contributed by atoms with Crippen LogP contribution in [0.3, 0.4) is 0 Å². The van der Waals surface area contributed by atoms with Crippen LogP contribution in [-0.2, 0) is 51.3 Å². The summed E-state index contributed by atoms with van der Waals surface area (Å²) in [7, 11) is 3.01. The number of halogens is 5. The molecule has 2 unspecified atom stereocenters. The summed E-state index contributed by atoms with van der Waals surface area (Å²) in [4.78, 5) is 88.4. The van der Waals surface area contributed by atoms with Crippen LogP contribution in [0.2, 0.25) is 0 Å². The molecule has 4 aliphatic heterocycles. The topological polar surface area (TPSA) is 173 Å². The quantitative estimate of drug-likeness (QED) is 0.0619. The van der Waals surface area contributed by atoms with E-state index in [0.29, 0.717) is 108 Å². The van der Waals surface area contributed by atoms with Crippen LogP contribution in [0, 0.1) is 118 Å². The van der Waals surface area contributed by atoms with Crippen molar-refractivity contribution >= 4 is 35.3 Å². The van der Waals surface area contributed by atoms with Gasteiger partial charge in [0, 0.05) is 136 Å². The van der Waals surface area contributed by atoms with Gasteiger partial charge in [-0.3, -0.25) is 28.8 Å². The fraction of sp³-hybridized carbons (Fsp3) is 0.880. The van der Waals surface area contributed by atoms with Crippen LogP contribution in [0.1, 0.15) is 330 Å². The van der Waals surface area contributed by atoms with Gasteiger partial charge in [0.25, 0.3) is 5.92 Å². The minimum Gasteiger partial charge on any atom is -0.382 e. The molecule has 0 spiro atoms. The number of aryl methyl sites for hydroxylation is 1. The van der Waals surface area contributed by atoms with Crippen molar-refractivity contribution in [1.29, 1.82) is 0 Å². The molecule has 9 aliphatic rings. The molecule has 5 amide bonds. The van der Waals surface area contributed by atoms with E-state index in [4.69, 9.17) is 9.47 Å². The molecule has 2 aromatic heterocycles. The minimum absolute atomic E-state index is 0.0751. The first-order chi connectivity index (χ1) is 57.5. The second kappa shape index (κ2) is 55.0. The van der Waals surface area contributed by atoms with Crippen LogP contribution in [0.4, 0.5) is 22.0 Å². The average molecular weight is 1730 g/mol. The molecule has 0 radical (unpaired) electrons. The number of ether oxygens (including phenoxy) is 2. The highest BCUT2D eigenvalue weighted by atomic mass is 19.4. The summed E-state index contributed by atoms with van der Waals surface area (Å²) >= 11 is 0. The number of nitrogens with zero attached hydrogens (tertiary/aromatic N) is 9. The summed E-state index contributed by atoms with van der Waals surface area (Å²) in [6.07, 6.45) is 42.0. The van der Waals surface area contributed by atoms with Gasteiger partial charge in [0.05, 0.1) is 31.8 Å². The van der Waals surface area contributed by atoms with Crippen molar-refractivity contribution in [2.45, 2.75) is 361 Å². The highest BCUT2D eigenvalue weighted by Crippen LogP contribution is 2.44. The zero-order valence-corrected chi connectivity index (χ0v) is 80.5. The molecule has 22 heteroatoms. The van der Waals surface area contributed by atoms with Crippen LogP contribution in [0.15, 0.2) is 37.4 Å². The van der Waals surface area contributed by atoms with Crippen LogP contribution in [0.25, 0.3) is 0 Å². The van der Waals surface area contributed by atoms with Gasteiger partial charge < -0.3 is 43.1 Å².